The smallest absolute Gasteiger partial charge is 0.303 e. The Labute approximate surface area is 112 Å². The maximum absolute atomic E-state index is 12.2. The number of hydrogen-bond donors (Lipinski definition) is 2. The van der Waals surface area contributed by atoms with Gasteiger partial charge in [-0.3, -0.25) is 14.5 Å². The van der Waals surface area contributed by atoms with Crippen LogP contribution < -0.4 is 5.32 Å². The minimum absolute atomic E-state index is 0.00940. The number of carboxylic acids is 1. The summed E-state index contributed by atoms with van der Waals surface area (Å²) in [6, 6.07) is -0.239. The third-order valence-corrected chi connectivity index (χ3v) is 3.95. The summed E-state index contributed by atoms with van der Waals surface area (Å²) in [5, 5.41) is 12.1. The molecule has 1 aliphatic carbocycles. The average molecular weight is 270 g/mol. The highest BCUT2D eigenvalue weighted by molar-refractivity contribution is 7.80. The first kappa shape index (κ1) is 13.3. The zero-order valence-corrected chi connectivity index (χ0v) is 11.0. The van der Waals surface area contributed by atoms with E-state index in [0.29, 0.717) is 11.5 Å². The summed E-state index contributed by atoms with van der Waals surface area (Å²) in [6.45, 7) is 0. The van der Waals surface area contributed by atoms with Gasteiger partial charge in [0.05, 0.1) is 0 Å². The Morgan fingerprint density at radius 3 is 2.67 bits per heavy atom. The first-order valence-electron chi connectivity index (χ1n) is 6.45. The summed E-state index contributed by atoms with van der Waals surface area (Å²) >= 11 is 5.20. The van der Waals surface area contributed by atoms with Crippen molar-refractivity contribution in [3.8, 4) is 0 Å². The van der Waals surface area contributed by atoms with Crippen molar-refractivity contribution < 1.29 is 14.7 Å². The molecule has 0 radical (unpaired) electrons. The number of aliphatic carboxylic acids is 1. The van der Waals surface area contributed by atoms with Crippen molar-refractivity contribution in [3.05, 3.63) is 0 Å². The molecular weight excluding hydrogens is 252 g/mol. The number of hydrogen-bond acceptors (Lipinski definition) is 3. The molecule has 2 aliphatic rings. The Balaban J connectivity index is 1.97. The van der Waals surface area contributed by atoms with Crippen molar-refractivity contribution in [2.45, 2.75) is 57.0 Å². The van der Waals surface area contributed by atoms with E-state index in [2.05, 4.69) is 5.32 Å². The maximum Gasteiger partial charge on any atom is 0.303 e. The molecule has 18 heavy (non-hydrogen) atoms. The number of carbonyl (C=O) groups excluding carboxylic acids is 1. The SMILES string of the molecule is O=C(O)CCC1NC(=S)N(C2CCCCC2)C1=O. The molecule has 2 rings (SSSR count). The van der Waals surface area contributed by atoms with Gasteiger partial charge in [-0.1, -0.05) is 19.3 Å². The van der Waals surface area contributed by atoms with E-state index in [1.165, 1.54) is 6.42 Å². The van der Waals surface area contributed by atoms with Crippen LogP contribution in [-0.2, 0) is 9.59 Å². The lowest BCUT2D eigenvalue weighted by Crippen LogP contribution is -2.41. The van der Waals surface area contributed by atoms with Gasteiger partial charge in [0.15, 0.2) is 5.11 Å². The number of carboxylic acid groups (broad SMARTS) is 1. The summed E-state index contributed by atoms with van der Waals surface area (Å²) < 4.78 is 0. The van der Waals surface area contributed by atoms with Crippen LogP contribution in [0.3, 0.4) is 0 Å². The zero-order chi connectivity index (χ0) is 13.1. The van der Waals surface area contributed by atoms with Gasteiger partial charge < -0.3 is 10.4 Å². The first-order chi connectivity index (χ1) is 8.59. The van der Waals surface area contributed by atoms with Crippen molar-refractivity contribution >= 4 is 29.2 Å². The van der Waals surface area contributed by atoms with Gasteiger partial charge in [-0.15, -0.1) is 0 Å². The van der Waals surface area contributed by atoms with Crippen LogP contribution in [0.25, 0.3) is 0 Å². The minimum Gasteiger partial charge on any atom is -0.481 e. The van der Waals surface area contributed by atoms with Crippen LogP contribution in [0.5, 0.6) is 0 Å². The van der Waals surface area contributed by atoms with E-state index in [4.69, 9.17) is 17.3 Å². The molecule has 2 N–H and O–H groups in total. The van der Waals surface area contributed by atoms with Crippen LogP contribution in [0.15, 0.2) is 0 Å². The molecule has 0 aromatic rings. The molecule has 0 spiro atoms. The third kappa shape index (κ3) is 2.80. The summed E-state index contributed by atoms with van der Waals surface area (Å²) in [7, 11) is 0. The number of nitrogens with one attached hydrogen (secondary N) is 1. The lowest BCUT2D eigenvalue weighted by Gasteiger charge is -2.30. The predicted molar refractivity (Wildman–Crippen MR) is 70.1 cm³/mol. The van der Waals surface area contributed by atoms with Gasteiger partial charge in [-0.2, -0.15) is 0 Å². The second kappa shape index (κ2) is 5.65. The topological polar surface area (TPSA) is 69.6 Å². The molecule has 1 atom stereocenters. The molecule has 100 valence electrons. The molecule has 1 unspecified atom stereocenters. The van der Waals surface area contributed by atoms with Gasteiger partial charge in [0.25, 0.3) is 5.91 Å². The van der Waals surface area contributed by atoms with E-state index in [1.807, 2.05) is 0 Å². The Hall–Kier alpha value is -1.17. The van der Waals surface area contributed by atoms with Crippen LogP contribution >= 0.6 is 12.2 Å². The molecule has 0 aromatic carbocycles. The molecule has 0 aromatic heterocycles. The van der Waals surface area contributed by atoms with Crippen LogP contribution in [0.1, 0.15) is 44.9 Å². The number of thiocarbonyl (C=S) groups is 1. The van der Waals surface area contributed by atoms with Crippen molar-refractivity contribution in [2.75, 3.05) is 0 Å². The Morgan fingerprint density at radius 1 is 1.39 bits per heavy atom. The highest BCUT2D eigenvalue weighted by Gasteiger charge is 2.39. The molecule has 1 amide bonds. The van der Waals surface area contributed by atoms with Crippen LogP contribution in [0, 0.1) is 0 Å². The fourth-order valence-electron chi connectivity index (χ4n) is 2.70. The quantitative estimate of drug-likeness (QED) is 0.753. The van der Waals surface area contributed by atoms with Crippen LogP contribution in [0.2, 0.25) is 0 Å². The molecule has 1 heterocycles. The van der Waals surface area contributed by atoms with E-state index < -0.39 is 12.0 Å². The van der Waals surface area contributed by atoms with E-state index in [9.17, 15) is 9.59 Å². The van der Waals surface area contributed by atoms with E-state index in [-0.39, 0.29) is 18.4 Å². The Bertz CT molecular complexity index is 366. The fourth-order valence-corrected chi connectivity index (χ4v) is 3.08. The van der Waals surface area contributed by atoms with Crippen molar-refractivity contribution in [1.29, 1.82) is 0 Å². The Morgan fingerprint density at radius 2 is 2.06 bits per heavy atom. The Kier molecular flexibility index (Phi) is 4.16. The fraction of sp³-hybridized carbons (Fsp3) is 0.750. The molecule has 0 bridgehead atoms. The van der Waals surface area contributed by atoms with E-state index in [1.54, 1.807) is 4.90 Å². The van der Waals surface area contributed by atoms with Gasteiger partial charge >= 0.3 is 5.97 Å². The normalized spacial score (nSPS) is 25.3. The maximum atomic E-state index is 12.2. The molecule has 1 saturated heterocycles. The molecule has 5 nitrogen and oxygen atoms in total. The predicted octanol–water partition coefficient (Wildman–Crippen LogP) is 1.27. The molecule has 1 aliphatic heterocycles. The first-order valence-corrected chi connectivity index (χ1v) is 6.86. The zero-order valence-electron chi connectivity index (χ0n) is 10.2. The number of amides is 1. The van der Waals surface area contributed by atoms with Gasteiger partial charge in [0.1, 0.15) is 6.04 Å². The lowest BCUT2D eigenvalue weighted by molar-refractivity contribution is -0.137. The standard InChI is InChI=1S/C12H18N2O3S/c15-10(16)7-6-9-11(17)14(12(18)13-9)8-4-2-1-3-5-8/h8-9H,1-7H2,(H,13,18)(H,15,16). The largest absolute Gasteiger partial charge is 0.481 e. The number of nitrogens with zero attached hydrogens (tertiary/aromatic N) is 1. The lowest BCUT2D eigenvalue weighted by atomic mass is 9.94. The van der Waals surface area contributed by atoms with Gasteiger partial charge in [-0.25, -0.2) is 0 Å². The van der Waals surface area contributed by atoms with Crippen molar-refractivity contribution in [2.24, 2.45) is 0 Å². The minimum atomic E-state index is -0.883. The molecular formula is C12H18N2O3S. The second-order valence-electron chi connectivity index (χ2n) is 4.93. The van der Waals surface area contributed by atoms with Crippen LogP contribution in [0.4, 0.5) is 0 Å². The molecule has 2 fully saturated rings. The number of rotatable bonds is 4. The summed E-state index contributed by atoms with van der Waals surface area (Å²) in [6.07, 6.45) is 5.79. The third-order valence-electron chi connectivity index (χ3n) is 3.64. The van der Waals surface area contributed by atoms with Crippen LogP contribution in [-0.4, -0.2) is 39.1 Å². The average Bonchev–Trinajstić information content (AvgIpc) is 2.63. The monoisotopic (exact) mass is 270 g/mol. The van der Waals surface area contributed by atoms with E-state index >= 15 is 0 Å². The number of carbonyl (C=O) groups is 2. The van der Waals surface area contributed by atoms with Crippen molar-refractivity contribution in [1.82, 2.24) is 10.2 Å². The highest BCUT2D eigenvalue weighted by atomic mass is 32.1. The van der Waals surface area contributed by atoms with E-state index in [0.717, 1.165) is 25.7 Å². The van der Waals surface area contributed by atoms with Gasteiger partial charge in [0.2, 0.25) is 0 Å². The molecule has 6 heteroatoms. The van der Waals surface area contributed by atoms with Gasteiger partial charge in [-0.05, 0) is 31.5 Å². The summed E-state index contributed by atoms with van der Waals surface area (Å²) in [5.41, 5.74) is 0. The second-order valence-corrected chi connectivity index (χ2v) is 5.32. The van der Waals surface area contributed by atoms with Gasteiger partial charge in [0, 0.05) is 12.5 Å². The highest BCUT2D eigenvalue weighted by Crippen LogP contribution is 2.26. The summed E-state index contributed by atoms with van der Waals surface area (Å²) in [5.74, 6) is -0.931. The van der Waals surface area contributed by atoms with Crippen molar-refractivity contribution in [3.63, 3.8) is 0 Å². The molecule has 1 saturated carbocycles. The summed E-state index contributed by atoms with van der Waals surface area (Å²) in [4.78, 5) is 24.4.